The summed E-state index contributed by atoms with van der Waals surface area (Å²) in [6.07, 6.45) is 2.71. The molecule has 0 bridgehead atoms. The molecule has 1 heteroatoms. The van der Waals surface area contributed by atoms with Crippen LogP contribution in [0.2, 0.25) is 0 Å². The second-order valence-corrected chi connectivity index (χ2v) is 2.69. The van der Waals surface area contributed by atoms with Crippen LogP contribution in [0.5, 0.6) is 0 Å². The van der Waals surface area contributed by atoms with Crippen LogP contribution in [-0.2, 0) is 0 Å². The zero-order valence-corrected chi connectivity index (χ0v) is 4.78. The van der Waals surface area contributed by atoms with Gasteiger partial charge in [-0.1, -0.05) is 6.92 Å². The van der Waals surface area contributed by atoms with Crippen molar-refractivity contribution in [2.45, 2.75) is 19.8 Å². The minimum Gasteiger partial charge on any atom is -0.300 e. The second-order valence-electron chi connectivity index (χ2n) is 2.69. The molecular formula is C6H11N. The Morgan fingerprint density at radius 1 is 1.71 bits per heavy atom. The molecule has 0 atom stereocenters. The van der Waals surface area contributed by atoms with Gasteiger partial charge in [0.05, 0.1) is 0 Å². The van der Waals surface area contributed by atoms with E-state index in [0.717, 1.165) is 6.54 Å². The molecule has 0 unspecified atom stereocenters. The zero-order valence-electron chi connectivity index (χ0n) is 4.78. The van der Waals surface area contributed by atoms with E-state index in [-0.39, 0.29) is 0 Å². The van der Waals surface area contributed by atoms with Crippen molar-refractivity contribution in [2.24, 2.45) is 10.4 Å². The van der Waals surface area contributed by atoms with E-state index in [1.54, 1.807) is 0 Å². The summed E-state index contributed by atoms with van der Waals surface area (Å²) in [6.45, 7) is 6.65. The van der Waals surface area contributed by atoms with Crippen LogP contribution in [0.1, 0.15) is 19.8 Å². The Balaban J connectivity index is 2.25. The summed E-state index contributed by atoms with van der Waals surface area (Å²) in [5.74, 6) is 0. The smallest absolute Gasteiger partial charge is 0.0435 e. The Labute approximate surface area is 44.5 Å². The van der Waals surface area contributed by atoms with Gasteiger partial charge in [-0.25, -0.2) is 0 Å². The van der Waals surface area contributed by atoms with Crippen molar-refractivity contribution in [2.75, 3.05) is 6.54 Å². The van der Waals surface area contributed by atoms with Crippen molar-refractivity contribution < 1.29 is 0 Å². The Bertz CT molecular complexity index is 82.2. The van der Waals surface area contributed by atoms with Crippen LogP contribution < -0.4 is 0 Å². The van der Waals surface area contributed by atoms with Gasteiger partial charge in [-0.15, -0.1) is 0 Å². The van der Waals surface area contributed by atoms with E-state index in [1.165, 1.54) is 12.8 Å². The Kier molecular flexibility index (Phi) is 0.911. The SMILES string of the molecule is C=NCC1(C)CC1. The molecule has 0 saturated heterocycles. The molecule has 0 spiro atoms. The summed E-state index contributed by atoms with van der Waals surface area (Å²) < 4.78 is 0. The fourth-order valence-electron chi connectivity index (χ4n) is 0.641. The van der Waals surface area contributed by atoms with Crippen molar-refractivity contribution in [1.82, 2.24) is 0 Å². The highest BCUT2D eigenvalue weighted by Crippen LogP contribution is 2.44. The van der Waals surface area contributed by atoms with Crippen LogP contribution in [0.3, 0.4) is 0 Å². The molecule has 1 nitrogen and oxygen atoms in total. The lowest BCUT2D eigenvalue weighted by molar-refractivity contribution is 0.592. The number of nitrogens with zero attached hydrogens (tertiary/aromatic N) is 1. The molecule has 0 aromatic rings. The normalized spacial score (nSPS) is 24.1. The second kappa shape index (κ2) is 1.32. The van der Waals surface area contributed by atoms with E-state index in [0.29, 0.717) is 5.41 Å². The van der Waals surface area contributed by atoms with E-state index < -0.39 is 0 Å². The van der Waals surface area contributed by atoms with Crippen molar-refractivity contribution in [3.05, 3.63) is 0 Å². The van der Waals surface area contributed by atoms with Crippen molar-refractivity contribution in [3.8, 4) is 0 Å². The van der Waals surface area contributed by atoms with Crippen LogP contribution in [0.4, 0.5) is 0 Å². The molecule has 7 heavy (non-hydrogen) atoms. The standard InChI is InChI=1S/C6H11N/c1-6(3-4-6)5-7-2/h2-5H2,1H3. The predicted molar refractivity (Wildman–Crippen MR) is 31.8 cm³/mol. The van der Waals surface area contributed by atoms with Gasteiger partial charge in [0.1, 0.15) is 0 Å². The number of hydrogen-bond acceptors (Lipinski definition) is 1. The molecular weight excluding hydrogens is 86.1 g/mol. The highest BCUT2D eigenvalue weighted by atomic mass is 14.7. The van der Waals surface area contributed by atoms with Crippen molar-refractivity contribution in [1.29, 1.82) is 0 Å². The molecule has 1 saturated carbocycles. The van der Waals surface area contributed by atoms with Gasteiger partial charge >= 0.3 is 0 Å². The third-order valence-electron chi connectivity index (χ3n) is 1.60. The van der Waals surface area contributed by atoms with Crippen molar-refractivity contribution in [3.63, 3.8) is 0 Å². The molecule has 40 valence electrons. The molecule has 0 amide bonds. The monoisotopic (exact) mass is 97.1 g/mol. The molecule has 0 radical (unpaired) electrons. The average Bonchev–Trinajstić information content (AvgIpc) is 2.22. The van der Waals surface area contributed by atoms with Crippen LogP contribution in [0, 0.1) is 5.41 Å². The number of hydrogen-bond donors (Lipinski definition) is 0. The van der Waals surface area contributed by atoms with E-state index in [2.05, 4.69) is 18.6 Å². The van der Waals surface area contributed by atoms with Gasteiger partial charge in [-0.05, 0) is 25.0 Å². The Hall–Kier alpha value is -0.330. The number of rotatable bonds is 2. The minimum atomic E-state index is 0.571. The van der Waals surface area contributed by atoms with Crippen LogP contribution in [0.15, 0.2) is 4.99 Å². The first-order chi connectivity index (χ1) is 3.27. The lowest BCUT2D eigenvalue weighted by atomic mass is 10.1. The molecule has 1 rings (SSSR count). The fourth-order valence-corrected chi connectivity index (χ4v) is 0.641. The maximum Gasteiger partial charge on any atom is 0.0435 e. The Morgan fingerprint density at radius 2 is 2.29 bits per heavy atom. The first kappa shape index (κ1) is 4.82. The molecule has 1 aliphatic rings. The largest absolute Gasteiger partial charge is 0.300 e. The quantitative estimate of drug-likeness (QED) is 0.463. The molecule has 0 N–H and O–H groups in total. The third-order valence-corrected chi connectivity index (χ3v) is 1.60. The fraction of sp³-hybridized carbons (Fsp3) is 0.833. The summed E-state index contributed by atoms with van der Waals surface area (Å²) in [6, 6.07) is 0. The maximum absolute atomic E-state index is 3.82. The molecule has 0 aromatic heterocycles. The topological polar surface area (TPSA) is 12.4 Å². The molecule has 1 fully saturated rings. The Morgan fingerprint density at radius 3 is 2.43 bits per heavy atom. The van der Waals surface area contributed by atoms with Gasteiger partial charge < -0.3 is 4.99 Å². The maximum atomic E-state index is 3.82. The molecule has 0 aromatic carbocycles. The van der Waals surface area contributed by atoms with Gasteiger partial charge in [0, 0.05) is 6.54 Å². The third kappa shape index (κ3) is 1.02. The van der Waals surface area contributed by atoms with Crippen LogP contribution >= 0.6 is 0 Å². The highest BCUT2D eigenvalue weighted by Gasteiger charge is 2.36. The van der Waals surface area contributed by atoms with E-state index in [4.69, 9.17) is 0 Å². The molecule has 1 aliphatic carbocycles. The molecule has 0 aliphatic heterocycles. The van der Waals surface area contributed by atoms with Gasteiger partial charge in [-0.2, -0.15) is 0 Å². The highest BCUT2D eigenvalue weighted by molar-refractivity contribution is 5.23. The summed E-state index contributed by atoms with van der Waals surface area (Å²) in [4.78, 5) is 3.82. The van der Waals surface area contributed by atoms with Gasteiger partial charge in [0.2, 0.25) is 0 Å². The minimum absolute atomic E-state index is 0.571. The summed E-state index contributed by atoms with van der Waals surface area (Å²) in [5.41, 5.74) is 0.571. The predicted octanol–water partition coefficient (Wildman–Crippen LogP) is 1.49. The van der Waals surface area contributed by atoms with Crippen molar-refractivity contribution >= 4 is 6.72 Å². The summed E-state index contributed by atoms with van der Waals surface area (Å²) >= 11 is 0. The molecule has 0 heterocycles. The lowest BCUT2D eigenvalue weighted by Gasteiger charge is -1.98. The zero-order chi connectivity index (χ0) is 5.33. The van der Waals surface area contributed by atoms with Crippen LogP contribution in [-0.4, -0.2) is 13.3 Å². The first-order valence-corrected chi connectivity index (χ1v) is 2.69. The summed E-state index contributed by atoms with van der Waals surface area (Å²) in [7, 11) is 0. The van der Waals surface area contributed by atoms with E-state index in [1.807, 2.05) is 0 Å². The van der Waals surface area contributed by atoms with Gasteiger partial charge in [0.15, 0.2) is 0 Å². The summed E-state index contributed by atoms with van der Waals surface area (Å²) in [5, 5.41) is 0. The van der Waals surface area contributed by atoms with Gasteiger partial charge in [-0.3, -0.25) is 0 Å². The first-order valence-electron chi connectivity index (χ1n) is 2.69. The van der Waals surface area contributed by atoms with Crippen LogP contribution in [0.25, 0.3) is 0 Å². The van der Waals surface area contributed by atoms with E-state index in [9.17, 15) is 0 Å². The van der Waals surface area contributed by atoms with Gasteiger partial charge in [0.25, 0.3) is 0 Å². The average molecular weight is 97.2 g/mol. The van der Waals surface area contributed by atoms with E-state index >= 15 is 0 Å². The lowest BCUT2D eigenvalue weighted by Crippen LogP contribution is -1.95. The number of aliphatic imine (C=N–C) groups is 1.